The average molecular weight is 556 g/mol. The van der Waals surface area contributed by atoms with Crippen LogP contribution in [0.1, 0.15) is 12.5 Å². The van der Waals surface area contributed by atoms with Crippen molar-refractivity contribution in [1.29, 1.82) is 0 Å². The molecule has 1 atom stereocenters. The van der Waals surface area contributed by atoms with Crippen molar-refractivity contribution in [3.63, 3.8) is 0 Å². The number of hydrogen-bond donors (Lipinski definition) is 2. The highest BCUT2D eigenvalue weighted by atomic mass is 79.9. The summed E-state index contributed by atoms with van der Waals surface area (Å²) in [7, 11) is -4.23. The highest BCUT2D eigenvalue weighted by Gasteiger charge is 2.29. The van der Waals surface area contributed by atoms with Crippen LogP contribution in [0.25, 0.3) is 0 Å². The number of ether oxygens (including phenoxy) is 1. The second-order valence-corrected chi connectivity index (χ2v) is 10.0. The zero-order valence-corrected chi connectivity index (χ0v) is 20.7. The Morgan fingerprint density at radius 3 is 2.52 bits per heavy atom. The third kappa shape index (κ3) is 6.77. The van der Waals surface area contributed by atoms with Gasteiger partial charge in [0.1, 0.15) is 22.5 Å². The Morgan fingerprint density at radius 2 is 1.85 bits per heavy atom. The molecule has 0 bridgehead atoms. The quantitative estimate of drug-likeness (QED) is 0.382. The standard InChI is InChI=1S/C23H21BrClFN2O4S/c1-2-32-21-11-9-17(25)14-22(21)33(30,31)28-20(12-15-6-4-3-5-7-15)23(29)27-19-10-8-16(24)13-18(19)26/h3-11,13-14,20,28H,2,12H2,1H3,(H,27,29). The van der Waals surface area contributed by atoms with Crippen molar-refractivity contribution in [1.82, 2.24) is 4.72 Å². The third-order valence-corrected chi connectivity index (χ3v) is 6.80. The predicted molar refractivity (Wildman–Crippen MR) is 130 cm³/mol. The van der Waals surface area contributed by atoms with Gasteiger partial charge in [0.2, 0.25) is 15.9 Å². The van der Waals surface area contributed by atoms with E-state index in [1.54, 1.807) is 43.3 Å². The second-order valence-electron chi connectivity index (χ2n) is 7.00. The molecule has 0 heterocycles. The lowest BCUT2D eigenvalue weighted by molar-refractivity contribution is -0.117. The van der Waals surface area contributed by atoms with Crippen molar-refractivity contribution in [3.05, 3.63) is 87.6 Å². The zero-order valence-electron chi connectivity index (χ0n) is 17.5. The molecular formula is C23H21BrClFN2O4S. The van der Waals surface area contributed by atoms with Gasteiger partial charge in [-0.25, -0.2) is 12.8 Å². The van der Waals surface area contributed by atoms with E-state index in [9.17, 15) is 17.6 Å². The summed E-state index contributed by atoms with van der Waals surface area (Å²) in [6.45, 7) is 1.96. The molecule has 2 N–H and O–H groups in total. The highest BCUT2D eigenvalue weighted by molar-refractivity contribution is 9.10. The largest absolute Gasteiger partial charge is 0.492 e. The molecule has 0 aromatic heterocycles. The van der Waals surface area contributed by atoms with Crippen molar-refractivity contribution in [2.45, 2.75) is 24.3 Å². The first-order valence-electron chi connectivity index (χ1n) is 9.94. The minimum Gasteiger partial charge on any atom is -0.492 e. The van der Waals surface area contributed by atoms with Crippen molar-refractivity contribution >= 4 is 49.1 Å². The lowest BCUT2D eigenvalue weighted by atomic mass is 10.1. The number of benzene rings is 3. The first kappa shape index (κ1) is 25.2. The van der Waals surface area contributed by atoms with E-state index < -0.39 is 27.8 Å². The molecule has 0 aliphatic heterocycles. The summed E-state index contributed by atoms with van der Waals surface area (Å²) in [6.07, 6.45) is 0.0363. The van der Waals surface area contributed by atoms with Gasteiger partial charge in [-0.1, -0.05) is 57.9 Å². The van der Waals surface area contributed by atoms with Gasteiger partial charge in [-0.2, -0.15) is 4.72 Å². The summed E-state index contributed by atoms with van der Waals surface area (Å²) in [4.78, 5) is 12.9. The number of rotatable bonds is 9. The molecular weight excluding hydrogens is 535 g/mol. The first-order valence-corrected chi connectivity index (χ1v) is 12.6. The number of nitrogens with one attached hydrogen (secondary N) is 2. The van der Waals surface area contributed by atoms with Gasteiger partial charge >= 0.3 is 0 Å². The van der Waals surface area contributed by atoms with Crippen LogP contribution < -0.4 is 14.8 Å². The molecule has 3 aromatic carbocycles. The van der Waals surface area contributed by atoms with Gasteiger partial charge in [-0.05, 0) is 55.3 Å². The van der Waals surface area contributed by atoms with Gasteiger partial charge in [0.25, 0.3) is 0 Å². The Morgan fingerprint density at radius 1 is 1.12 bits per heavy atom. The lowest BCUT2D eigenvalue weighted by Gasteiger charge is -2.20. The van der Waals surface area contributed by atoms with Gasteiger partial charge < -0.3 is 10.1 Å². The highest BCUT2D eigenvalue weighted by Crippen LogP contribution is 2.28. The molecule has 0 aliphatic rings. The van der Waals surface area contributed by atoms with Crippen molar-refractivity contribution in [3.8, 4) is 5.75 Å². The number of carbonyl (C=O) groups is 1. The Labute approximate surface area is 205 Å². The molecule has 10 heteroatoms. The molecule has 3 rings (SSSR count). The summed E-state index contributed by atoms with van der Waals surface area (Å²) >= 11 is 9.18. The molecule has 0 saturated heterocycles. The van der Waals surface area contributed by atoms with E-state index in [1.807, 2.05) is 0 Å². The summed E-state index contributed by atoms with van der Waals surface area (Å²) < 4.78 is 49.1. The Balaban J connectivity index is 1.94. The summed E-state index contributed by atoms with van der Waals surface area (Å²) in [6, 6.07) is 16.0. The van der Waals surface area contributed by atoms with Crippen LogP contribution in [-0.2, 0) is 21.2 Å². The normalized spacial score (nSPS) is 12.2. The minimum atomic E-state index is -4.23. The third-order valence-electron chi connectivity index (χ3n) is 4.58. The fourth-order valence-electron chi connectivity index (χ4n) is 3.07. The average Bonchev–Trinajstić information content (AvgIpc) is 2.77. The number of halogens is 3. The van der Waals surface area contributed by atoms with E-state index in [-0.39, 0.29) is 34.4 Å². The van der Waals surface area contributed by atoms with Gasteiger partial charge in [-0.15, -0.1) is 0 Å². The van der Waals surface area contributed by atoms with Crippen LogP contribution in [0, 0.1) is 5.82 Å². The van der Waals surface area contributed by atoms with Crippen LogP contribution in [0.15, 0.2) is 76.1 Å². The van der Waals surface area contributed by atoms with Gasteiger partial charge in [0.05, 0.1) is 12.3 Å². The number of amides is 1. The molecule has 174 valence electrons. The molecule has 0 aliphatic carbocycles. The first-order chi connectivity index (χ1) is 15.7. The number of carbonyl (C=O) groups excluding carboxylic acids is 1. The molecule has 33 heavy (non-hydrogen) atoms. The van der Waals surface area contributed by atoms with Crippen LogP contribution in [0.2, 0.25) is 5.02 Å². The van der Waals surface area contributed by atoms with E-state index >= 15 is 0 Å². The van der Waals surface area contributed by atoms with E-state index in [2.05, 4.69) is 26.0 Å². The summed E-state index contributed by atoms with van der Waals surface area (Å²) in [5.41, 5.74) is 0.644. The van der Waals surface area contributed by atoms with E-state index in [4.69, 9.17) is 16.3 Å². The van der Waals surface area contributed by atoms with Crippen molar-refractivity contribution < 1.29 is 22.3 Å². The van der Waals surface area contributed by atoms with Crippen LogP contribution in [0.3, 0.4) is 0 Å². The van der Waals surface area contributed by atoms with E-state index in [1.165, 1.54) is 30.3 Å². The maximum absolute atomic E-state index is 14.3. The molecule has 1 amide bonds. The smallest absolute Gasteiger partial charge is 0.245 e. The Bertz CT molecular complexity index is 1240. The zero-order chi connectivity index (χ0) is 24.0. The molecule has 3 aromatic rings. The summed E-state index contributed by atoms with van der Waals surface area (Å²) in [5, 5.41) is 2.66. The SMILES string of the molecule is CCOc1ccc(Cl)cc1S(=O)(=O)NC(Cc1ccccc1)C(=O)Nc1ccc(Br)cc1F. The molecule has 0 fully saturated rings. The molecule has 0 saturated carbocycles. The maximum atomic E-state index is 14.3. The fourth-order valence-corrected chi connectivity index (χ4v) is 5.00. The topological polar surface area (TPSA) is 84.5 Å². The minimum absolute atomic E-state index is 0.0363. The fraction of sp³-hybridized carbons (Fsp3) is 0.174. The van der Waals surface area contributed by atoms with Crippen LogP contribution in [0.5, 0.6) is 5.75 Å². The number of sulfonamides is 1. The Kier molecular flexibility index (Phi) is 8.47. The van der Waals surface area contributed by atoms with Crippen molar-refractivity contribution in [2.24, 2.45) is 0 Å². The molecule has 1 unspecified atom stereocenters. The van der Waals surface area contributed by atoms with E-state index in [0.717, 1.165) is 0 Å². The van der Waals surface area contributed by atoms with Crippen LogP contribution in [0.4, 0.5) is 10.1 Å². The lowest BCUT2D eigenvalue weighted by Crippen LogP contribution is -2.45. The second kappa shape index (κ2) is 11.1. The molecule has 0 radical (unpaired) electrons. The maximum Gasteiger partial charge on any atom is 0.245 e. The predicted octanol–water partition coefficient (Wildman–Crippen LogP) is 5.17. The van der Waals surface area contributed by atoms with Crippen LogP contribution in [-0.4, -0.2) is 27.0 Å². The number of hydrogen-bond acceptors (Lipinski definition) is 4. The van der Waals surface area contributed by atoms with E-state index in [0.29, 0.717) is 10.0 Å². The van der Waals surface area contributed by atoms with Crippen LogP contribution >= 0.6 is 27.5 Å². The Hall–Kier alpha value is -2.46. The van der Waals surface area contributed by atoms with Crippen molar-refractivity contribution in [2.75, 3.05) is 11.9 Å². The molecule has 6 nitrogen and oxygen atoms in total. The molecule has 0 spiro atoms. The monoisotopic (exact) mass is 554 g/mol. The van der Waals surface area contributed by atoms with Gasteiger partial charge in [-0.3, -0.25) is 4.79 Å². The van der Waals surface area contributed by atoms with Gasteiger partial charge in [0, 0.05) is 9.50 Å². The number of anilines is 1. The van der Waals surface area contributed by atoms with Gasteiger partial charge in [0.15, 0.2) is 0 Å². The summed E-state index contributed by atoms with van der Waals surface area (Å²) in [5.74, 6) is -1.27.